The summed E-state index contributed by atoms with van der Waals surface area (Å²) in [5.41, 5.74) is 9.43. The van der Waals surface area contributed by atoms with E-state index in [1.54, 1.807) is 0 Å². The molecule has 3 heteroatoms. The van der Waals surface area contributed by atoms with Crippen LogP contribution in [0.2, 0.25) is 0 Å². The van der Waals surface area contributed by atoms with Crippen molar-refractivity contribution in [2.24, 2.45) is 0 Å². The van der Waals surface area contributed by atoms with E-state index in [-0.39, 0.29) is 0 Å². The molecule has 0 saturated carbocycles. The van der Waals surface area contributed by atoms with Gasteiger partial charge in [-0.1, -0.05) is 0 Å². The summed E-state index contributed by atoms with van der Waals surface area (Å²) in [5, 5.41) is 8.62. The second kappa shape index (κ2) is 2.40. The predicted molar refractivity (Wildman–Crippen MR) is 41.1 cm³/mol. The van der Waals surface area contributed by atoms with Crippen LogP contribution in [0.3, 0.4) is 0 Å². The second-order valence-corrected chi connectivity index (χ2v) is 2.78. The van der Waals surface area contributed by atoms with Gasteiger partial charge in [0.15, 0.2) is 0 Å². The molecule has 0 atom stereocenters. The largest absolute Gasteiger partial charge is 0.321 e. The van der Waals surface area contributed by atoms with Crippen molar-refractivity contribution in [1.29, 1.82) is 5.26 Å². The van der Waals surface area contributed by atoms with Gasteiger partial charge >= 0.3 is 0 Å². The molecule has 0 aromatic heterocycles. The van der Waals surface area contributed by atoms with E-state index >= 15 is 0 Å². The van der Waals surface area contributed by atoms with Gasteiger partial charge in [-0.05, 0) is 24.5 Å². The van der Waals surface area contributed by atoms with Gasteiger partial charge in [0.05, 0.1) is 11.8 Å². The first-order chi connectivity index (χ1) is 5.40. The van der Waals surface area contributed by atoms with Crippen LogP contribution in [0, 0.1) is 11.3 Å². The normalized spacial score (nSPS) is 21.9. The molecule has 2 aliphatic rings. The maximum absolute atomic E-state index is 8.62. The third-order valence-corrected chi connectivity index (χ3v) is 2.06. The van der Waals surface area contributed by atoms with Gasteiger partial charge in [0.25, 0.3) is 0 Å². The molecule has 11 heavy (non-hydrogen) atoms. The van der Waals surface area contributed by atoms with E-state index in [0.717, 1.165) is 30.7 Å². The Kier molecular flexibility index (Phi) is 1.41. The standard InChI is InChI=1S/C8H9N3/c9-4-6-1-2-7-5-10-11-8(7)3-6/h3,10-11H,1-2,5H2. The van der Waals surface area contributed by atoms with E-state index in [0.29, 0.717) is 0 Å². The number of rotatable bonds is 0. The molecule has 0 aromatic carbocycles. The Bertz CT molecular complexity index is 280. The first-order valence-corrected chi connectivity index (χ1v) is 3.72. The van der Waals surface area contributed by atoms with Gasteiger partial charge in [-0.2, -0.15) is 5.26 Å². The first kappa shape index (κ1) is 6.44. The van der Waals surface area contributed by atoms with Crippen LogP contribution < -0.4 is 10.9 Å². The molecule has 2 rings (SSSR count). The molecule has 3 nitrogen and oxygen atoms in total. The lowest BCUT2D eigenvalue weighted by atomic mass is 9.98. The molecule has 1 aliphatic carbocycles. The van der Waals surface area contributed by atoms with Crippen molar-refractivity contribution in [3.8, 4) is 6.07 Å². The average Bonchev–Trinajstić information content (AvgIpc) is 2.50. The predicted octanol–water partition coefficient (Wildman–Crippen LogP) is 0.592. The summed E-state index contributed by atoms with van der Waals surface area (Å²) >= 11 is 0. The SMILES string of the molecule is N#CC1=CC2=C(CC1)CNN2. The molecule has 0 bridgehead atoms. The van der Waals surface area contributed by atoms with Crippen molar-refractivity contribution in [2.75, 3.05) is 6.54 Å². The van der Waals surface area contributed by atoms with Gasteiger partial charge in [0, 0.05) is 12.1 Å². The Morgan fingerprint density at radius 2 is 2.36 bits per heavy atom. The third-order valence-electron chi connectivity index (χ3n) is 2.06. The molecule has 0 saturated heterocycles. The number of hydrogen-bond acceptors (Lipinski definition) is 3. The highest BCUT2D eigenvalue weighted by atomic mass is 15.4. The Morgan fingerprint density at radius 1 is 1.45 bits per heavy atom. The highest BCUT2D eigenvalue weighted by Crippen LogP contribution is 2.23. The molecule has 0 fully saturated rings. The van der Waals surface area contributed by atoms with Crippen LogP contribution in [0.1, 0.15) is 12.8 Å². The highest BCUT2D eigenvalue weighted by molar-refractivity contribution is 5.40. The molecule has 1 heterocycles. The number of nitrogens with zero attached hydrogens (tertiary/aromatic N) is 1. The van der Waals surface area contributed by atoms with Gasteiger partial charge in [-0.15, -0.1) is 0 Å². The Labute approximate surface area is 65.4 Å². The number of hydrogen-bond donors (Lipinski definition) is 2. The van der Waals surface area contributed by atoms with Gasteiger partial charge < -0.3 is 5.43 Å². The van der Waals surface area contributed by atoms with E-state index in [1.165, 1.54) is 5.57 Å². The number of allylic oxidation sites excluding steroid dienone is 2. The second-order valence-electron chi connectivity index (χ2n) is 2.78. The van der Waals surface area contributed by atoms with E-state index in [1.807, 2.05) is 6.08 Å². The summed E-state index contributed by atoms with van der Waals surface area (Å²) < 4.78 is 0. The van der Waals surface area contributed by atoms with Crippen LogP contribution in [-0.2, 0) is 0 Å². The zero-order chi connectivity index (χ0) is 7.68. The minimum atomic E-state index is 0.875. The summed E-state index contributed by atoms with van der Waals surface area (Å²) in [6.07, 6.45) is 3.85. The zero-order valence-electron chi connectivity index (χ0n) is 6.15. The van der Waals surface area contributed by atoms with Crippen molar-refractivity contribution in [2.45, 2.75) is 12.8 Å². The fourth-order valence-corrected chi connectivity index (χ4v) is 1.41. The Morgan fingerprint density at radius 3 is 3.18 bits per heavy atom. The van der Waals surface area contributed by atoms with E-state index in [4.69, 9.17) is 5.26 Å². The smallest absolute Gasteiger partial charge is 0.0947 e. The topological polar surface area (TPSA) is 47.9 Å². The van der Waals surface area contributed by atoms with Gasteiger partial charge in [-0.3, -0.25) is 0 Å². The zero-order valence-corrected chi connectivity index (χ0v) is 6.15. The Balaban J connectivity index is 2.29. The summed E-state index contributed by atoms with van der Waals surface area (Å²) in [4.78, 5) is 0. The number of nitriles is 1. The summed E-state index contributed by atoms with van der Waals surface area (Å²) in [6, 6.07) is 2.18. The Hall–Kier alpha value is -1.27. The average molecular weight is 147 g/mol. The summed E-state index contributed by atoms with van der Waals surface area (Å²) in [7, 11) is 0. The molecule has 0 aromatic rings. The molecule has 0 spiro atoms. The van der Waals surface area contributed by atoms with Crippen LogP contribution in [0.5, 0.6) is 0 Å². The molecular weight excluding hydrogens is 138 g/mol. The highest BCUT2D eigenvalue weighted by Gasteiger charge is 2.16. The van der Waals surface area contributed by atoms with Crippen LogP contribution >= 0.6 is 0 Å². The molecule has 0 radical (unpaired) electrons. The van der Waals surface area contributed by atoms with Gasteiger partial charge in [0.2, 0.25) is 0 Å². The van der Waals surface area contributed by atoms with Crippen LogP contribution in [0.15, 0.2) is 22.9 Å². The van der Waals surface area contributed by atoms with Gasteiger partial charge in [0.1, 0.15) is 0 Å². The minimum absolute atomic E-state index is 0.875. The fraction of sp³-hybridized carbons (Fsp3) is 0.375. The first-order valence-electron chi connectivity index (χ1n) is 3.72. The van der Waals surface area contributed by atoms with Crippen molar-refractivity contribution in [3.63, 3.8) is 0 Å². The van der Waals surface area contributed by atoms with Crippen LogP contribution in [-0.4, -0.2) is 6.54 Å². The summed E-state index contributed by atoms with van der Waals surface area (Å²) in [6.45, 7) is 0.921. The maximum Gasteiger partial charge on any atom is 0.0947 e. The number of hydrazine groups is 1. The molecular formula is C8H9N3. The van der Waals surface area contributed by atoms with Crippen LogP contribution in [0.25, 0.3) is 0 Å². The molecule has 2 N–H and O–H groups in total. The van der Waals surface area contributed by atoms with Gasteiger partial charge in [-0.25, -0.2) is 5.43 Å². The number of nitrogens with one attached hydrogen (secondary N) is 2. The lowest BCUT2D eigenvalue weighted by molar-refractivity contribution is 0.705. The monoisotopic (exact) mass is 147 g/mol. The fourth-order valence-electron chi connectivity index (χ4n) is 1.41. The quantitative estimate of drug-likeness (QED) is 0.527. The molecule has 1 aliphatic heterocycles. The molecule has 56 valence electrons. The molecule has 0 unspecified atom stereocenters. The van der Waals surface area contributed by atoms with Crippen molar-refractivity contribution >= 4 is 0 Å². The van der Waals surface area contributed by atoms with E-state index in [2.05, 4.69) is 16.9 Å². The minimum Gasteiger partial charge on any atom is -0.321 e. The van der Waals surface area contributed by atoms with Crippen molar-refractivity contribution in [3.05, 3.63) is 22.9 Å². The van der Waals surface area contributed by atoms with E-state index < -0.39 is 0 Å². The lowest BCUT2D eigenvalue weighted by Crippen LogP contribution is -2.23. The summed E-state index contributed by atoms with van der Waals surface area (Å²) in [5.74, 6) is 0. The molecule has 0 amide bonds. The van der Waals surface area contributed by atoms with E-state index in [9.17, 15) is 0 Å². The van der Waals surface area contributed by atoms with Crippen molar-refractivity contribution in [1.82, 2.24) is 10.9 Å². The lowest BCUT2D eigenvalue weighted by Gasteiger charge is -2.08. The maximum atomic E-state index is 8.62. The van der Waals surface area contributed by atoms with Crippen molar-refractivity contribution < 1.29 is 0 Å². The third kappa shape index (κ3) is 1.02. The van der Waals surface area contributed by atoms with Crippen LogP contribution in [0.4, 0.5) is 0 Å².